The molecule has 0 spiro atoms. The molecule has 0 fully saturated rings. The molecule has 0 aliphatic heterocycles. The fourth-order valence-corrected chi connectivity index (χ4v) is 2.86. The molecule has 0 heterocycles. The van der Waals surface area contributed by atoms with Crippen molar-refractivity contribution in [2.75, 3.05) is 14.2 Å². The molecule has 0 saturated heterocycles. The average Bonchev–Trinajstić information content (AvgIpc) is 2.38. The smallest absolute Gasteiger partial charge is 0.303 e. The Kier molecular flexibility index (Phi) is 6.71. The van der Waals surface area contributed by atoms with E-state index in [4.69, 9.17) is 14.6 Å². The molecule has 0 aliphatic rings. The van der Waals surface area contributed by atoms with Crippen LogP contribution in [0.4, 0.5) is 0 Å². The van der Waals surface area contributed by atoms with Gasteiger partial charge in [-0.15, -0.1) is 11.8 Å². The Hall–Kier alpha value is -1.36. The summed E-state index contributed by atoms with van der Waals surface area (Å²) < 4.78 is 10.9. The van der Waals surface area contributed by atoms with Crippen LogP contribution in [-0.4, -0.2) is 30.5 Å². The number of hydrogen-bond acceptors (Lipinski definition) is 4. The van der Waals surface area contributed by atoms with Crippen molar-refractivity contribution in [3.8, 4) is 11.5 Å². The lowest BCUT2D eigenvalue weighted by molar-refractivity contribution is -0.137. The first-order chi connectivity index (χ1) is 9.47. The van der Waals surface area contributed by atoms with Crippen LogP contribution in [0, 0.1) is 0 Å². The van der Waals surface area contributed by atoms with Gasteiger partial charge in [-0.3, -0.25) is 4.79 Å². The highest BCUT2D eigenvalue weighted by molar-refractivity contribution is 7.99. The molecule has 0 bridgehead atoms. The van der Waals surface area contributed by atoms with Crippen LogP contribution in [0.2, 0.25) is 0 Å². The Morgan fingerprint density at radius 2 is 1.80 bits per heavy atom. The summed E-state index contributed by atoms with van der Waals surface area (Å²) in [5.74, 6) is 0.741. The van der Waals surface area contributed by atoms with Gasteiger partial charge in [-0.1, -0.05) is 13.8 Å². The summed E-state index contributed by atoms with van der Waals surface area (Å²) in [4.78, 5) is 11.7. The summed E-state index contributed by atoms with van der Waals surface area (Å²) in [7, 11) is 3.25. The topological polar surface area (TPSA) is 55.8 Å². The van der Waals surface area contributed by atoms with Crippen LogP contribution in [0.15, 0.2) is 17.0 Å². The van der Waals surface area contributed by atoms with Crippen LogP contribution in [-0.2, 0) is 11.2 Å². The van der Waals surface area contributed by atoms with Crippen molar-refractivity contribution in [1.29, 1.82) is 0 Å². The highest BCUT2D eigenvalue weighted by Crippen LogP contribution is 2.36. The van der Waals surface area contributed by atoms with Gasteiger partial charge in [-0.25, -0.2) is 0 Å². The summed E-state index contributed by atoms with van der Waals surface area (Å²) in [6, 6.07) is 3.98. The van der Waals surface area contributed by atoms with Crippen molar-refractivity contribution in [2.24, 2.45) is 0 Å². The van der Waals surface area contributed by atoms with E-state index in [9.17, 15) is 4.79 Å². The van der Waals surface area contributed by atoms with Gasteiger partial charge in [-0.2, -0.15) is 0 Å². The molecule has 20 heavy (non-hydrogen) atoms. The molecule has 0 atom stereocenters. The molecule has 0 saturated carbocycles. The van der Waals surface area contributed by atoms with E-state index in [2.05, 4.69) is 13.8 Å². The molecule has 0 radical (unpaired) electrons. The van der Waals surface area contributed by atoms with Crippen LogP contribution in [0.1, 0.15) is 32.3 Å². The maximum absolute atomic E-state index is 10.6. The molecule has 0 amide bonds. The van der Waals surface area contributed by atoms with Crippen molar-refractivity contribution in [3.63, 3.8) is 0 Å². The minimum absolute atomic E-state index is 0.148. The maximum Gasteiger partial charge on any atom is 0.303 e. The van der Waals surface area contributed by atoms with Crippen LogP contribution >= 0.6 is 11.8 Å². The van der Waals surface area contributed by atoms with E-state index < -0.39 is 5.97 Å². The van der Waals surface area contributed by atoms with Crippen LogP contribution < -0.4 is 9.47 Å². The monoisotopic (exact) mass is 298 g/mol. The Morgan fingerprint density at radius 1 is 1.25 bits per heavy atom. The third-order valence-electron chi connectivity index (χ3n) is 2.77. The molecular weight excluding hydrogens is 276 g/mol. The van der Waals surface area contributed by atoms with E-state index in [1.165, 1.54) is 0 Å². The zero-order valence-corrected chi connectivity index (χ0v) is 13.3. The number of aliphatic carboxylic acids is 1. The Balaban J connectivity index is 2.98. The van der Waals surface area contributed by atoms with Crippen molar-refractivity contribution in [1.82, 2.24) is 0 Å². The van der Waals surface area contributed by atoms with Gasteiger partial charge in [0.25, 0.3) is 0 Å². The van der Waals surface area contributed by atoms with Gasteiger partial charge in [0, 0.05) is 22.1 Å². The second-order valence-electron chi connectivity index (χ2n) is 4.72. The van der Waals surface area contributed by atoms with Crippen molar-refractivity contribution in [2.45, 2.75) is 43.3 Å². The summed E-state index contributed by atoms with van der Waals surface area (Å²) >= 11 is 1.74. The molecule has 5 heteroatoms. The van der Waals surface area contributed by atoms with Gasteiger partial charge in [0.05, 0.1) is 14.2 Å². The van der Waals surface area contributed by atoms with Crippen LogP contribution in [0.5, 0.6) is 11.5 Å². The number of carboxylic acids is 1. The number of ether oxygens (including phenoxy) is 2. The summed E-state index contributed by atoms with van der Waals surface area (Å²) in [5, 5.41) is 9.20. The molecule has 112 valence electrons. The molecule has 4 nitrogen and oxygen atoms in total. The van der Waals surface area contributed by atoms with Crippen molar-refractivity contribution >= 4 is 17.7 Å². The molecular formula is C15H22O4S. The number of hydrogen-bond donors (Lipinski definition) is 1. The van der Waals surface area contributed by atoms with Crippen molar-refractivity contribution < 1.29 is 19.4 Å². The zero-order valence-electron chi connectivity index (χ0n) is 12.4. The Labute approximate surface area is 124 Å². The summed E-state index contributed by atoms with van der Waals surface area (Å²) in [6.07, 6.45) is 1.35. The van der Waals surface area contributed by atoms with E-state index in [1.807, 2.05) is 12.1 Å². The van der Waals surface area contributed by atoms with E-state index in [0.717, 1.165) is 22.0 Å². The van der Waals surface area contributed by atoms with Gasteiger partial charge in [0.2, 0.25) is 0 Å². The Bertz CT molecular complexity index is 432. The third-order valence-corrected chi connectivity index (χ3v) is 3.75. The molecule has 0 unspecified atom stereocenters. The van der Waals surface area contributed by atoms with Gasteiger partial charge in [0.15, 0.2) is 0 Å². The quantitative estimate of drug-likeness (QED) is 0.743. The van der Waals surface area contributed by atoms with E-state index in [-0.39, 0.29) is 6.42 Å². The highest BCUT2D eigenvalue weighted by Gasteiger charge is 2.14. The summed E-state index contributed by atoms with van der Waals surface area (Å²) in [6.45, 7) is 4.26. The number of carboxylic acid groups (broad SMARTS) is 1. The first-order valence-electron chi connectivity index (χ1n) is 6.61. The highest BCUT2D eigenvalue weighted by atomic mass is 32.2. The fourth-order valence-electron chi connectivity index (χ4n) is 1.96. The van der Waals surface area contributed by atoms with E-state index in [1.54, 1.807) is 26.0 Å². The number of methoxy groups -OCH3 is 2. The average molecular weight is 298 g/mol. The lowest BCUT2D eigenvalue weighted by Crippen LogP contribution is -2.01. The molecule has 1 aromatic rings. The minimum atomic E-state index is -0.782. The third kappa shape index (κ3) is 4.96. The normalized spacial score (nSPS) is 10.7. The number of thioether (sulfide) groups is 1. The SMILES string of the molecule is COc1cc(SC(C)C)cc(OC)c1CCCC(=O)O. The largest absolute Gasteiger partial charge is 0.496 e. The lowest BCUT2D eigenvalue weighted by atomic mass is 10.1. The van der Waals surface area contributed by atoms with Gasteiger partial charge < -0.3 is 14.6 Å². The standard InChI is InChI=1S/C15H22O4S/c1-10(2)20-11-8-13(18-3)12(14(9-11)19-4)6-5-7-15(16)17/h8-10H,5-7H2,1-4H3,(H,16,17). The molecule has 1 aromatic carbocycles. The predicted octanol–water partition coefficient (Wildman–Crippen LogP) is 3.61. The van der Waals surface area contributed by atoms with Crippen LogP contribution in [0.3, 0.4) is 0 Å². The van der Waals surface area contributed by atoms with Crippen molar-refractivity contribution in [3.05, 3.63) is 17.7 Å². The van der Waals surface area contributed by atoms with Gasteiger partial charge >= 0.3 is 5.97 Å². The first kappa shape index (κ1) is 16.7. The molecule has 1 rings (SSSR count). The number of benzene rings is 1. The summed E-state index contributed by atoms with van der Waals surface area (Å²) in [5.41, 5.74) is 0.935. The predicted molar refractivity (Wildman–Crippen MR) is 81.1 cm³/mol. The second kappa shape index (κ2) is 8.04. The van der Waals surface area contributed by atoms with Crippen LogP contribution in [0.25, 0.3) is 0 Å². The first-order valence-corrected chi connectivity index (χ1v) is 7.49. The zero-order chi connectivity index (χ0) is 15.1. The second-order valence-corrected chi connectivity index (χ2v) is 6.37. The maximum atomic E-state index is 10.6. The number of rotatable bonds is 8. The molecule has 1 N–H and O–H groups in total. The van der Waals surface area contributed by atoms with E-state index >= 15 is 0 Å². The minimum Gasteiger partial charge on any atom is -0.496 e. The lowest BCUT2D eigenvalue weighted by Gasteiger charge is -2.16. The van der Waals surface area contributed by atoms with Gasteiger partial charge in [0.1, 0.15) is 11.5 Å². The van der Waals surface area contributed by atoms with Gasteiger partial charge in [-0.05, 0) is 25.0 Å². The number of carbonyl (C=O) groups is 1. The molecule has 0 aromatic heterocycles. The fraction of sp³-hybridized carbons (Fsp3) is 0.533. The Morgan fingerprint density at radius 3 is 2.20 bits per heavy atom. The molecule has 0 aliphatic carbocycles. The van der Waals surface area contributed by atoms with E-state index in [0.29, 0.717) is 18.1 Å².